The average Bonchev–Trinajstić information content (AvgIpc) is 1.12. The SMILES string of the molecule is [Na+].[Na+].[O]=[Mn](=[O])(=[O])[O-].[O]=[Mn](=[O])(=[O])[O-]. The van der Waals surface area contributed by atoms with Crippen molar-refractivity contribution >= 4 is 0 Å². The third-order valence-electron chi connectivity index (χ3n) is 0. The Morgan fingerprint density at radius 2 is 0.583 bits per heavy atom. The zero-order chi connectivity index (χ0) is 9.00. The molecule has 0 heterocycles. The van der Waals surface area contributed by atoms with Gasteiger partial charge in [0.25, 0.3) is 0 Å². The van der Waals surface area contributed by atoms with E-state index in [1.54, 1.807) is 0 Å². The third-order valence-corrected chi connectivity index (χ3v) is 0. The first-order chi connectivity index (χ1) is 4.00. The molecule has 0 unspecified atom stereocenters. The Kier molecular flexibility index (Phi) is 18.3. The van der Waals surface area contributed by atoms with Crippen molar-refractivity contribution in [1.82, 2.24) is 0 Å². The van der Waals surface area contributed by atoms with Crippen LogP contribution in [0.3, 0.4) is 0 Å². The summed E-state index contributed by atoms with van der Waals surface area (Å²) in [5, 5.41) is 0. The molecule has 0 aliphatic carbocycles. The predicted octanol–water partition coefficient (Wildman–Crippen LogP) is -9.09. The van der Waals surface area contributed by atoms with Crippen molar-refractivity contribution in [2.24, 2.45) is 0 Å². The molecule has 0 amide bonds. The van der Waals surface area contributed by atoms with Gasteiger partial charge in [-0.15, -0.1) is 0 Å². The molecule has 0 spiro atoms. The molecule has 0 rings (SSSR count). The van der Waals surface area contributed by atoms with Crippen molar-refractivity contribution < 1.29 is 116 Å². The standard InChI is InChI=1S/2Mn.2Na.8O/q;;2*+1;;;;;;;2*-1. The molecule has 0 aromatic heterocycles. The van der Waals surface area contributed by atoms with Gasteiger partial charge in [0.15, 0.2) is 0 Å². The average molecular weight is 284 g/mol. The van der Waals surface area contributed by atoms with Crippen LogP contribution in [-0.4, -0.2) is 0 Å². The van der Waals surface area contributed by atoms with E-state index in [0.717, 1.165) is 0 Å². The van der Waals surface area contributed by atoms with Crippen LogP contribution >= 0.6 is 0 Å². The number of rotatable bonds is 0. The fraction of sp³-hybridized carbons (Fsp3) is 0. The summed E-state index contributed by atoms with van der Waals surface area (Å²) in [6.07, 6.45) is 0. The first-order valence-electron chi connectivity index (χ1n) is 1.23. The van der Waals surface area contributed by atoms with Crippen molar-refractivity contribution in [3.63, 3.8) is 0 Å². The zero-order valence-corrected chi connectivity index (χ0v) is 12.4. The van der Waals surface area contributed by atoms with Crippen LogP contribution in [-0.2, 0) is 48.9 Å². The van der Waals surface area contributed by atoms with Gasteiger partial charge in [-0.25, -0.2) is 0 Å². The fourth-order valence-corrected chi connectivity index (χ4v) is 0. The van der Waals surface area contributed by atoms with Crippen LogP contribution < -0.4 is 67.5 Å². The maximum absolute atomic E-state index is 8.58. The second-order valence-electron chi connectivity index (χ2n) is 0.756. The van der Waals surface area contributed by atoms with Crippen molar-refractivity contribution in [3.8, 4) is 0 Å². The van der Waals surface area contributed by atoms with Gasteiger partial charge in [-0.3, -0.25) is 0 Å². The van der Waals surface area contributed by atoms with E-state index in [-0.39, 0.29) is 59.1 Å². The molecule has 8 nitrogen and oxygen atoms in total. The van der Waals surface area contributed by atoms with Gasteiger partial charge >= 0.3 is 116 Å². The molecule has 0 atom stereocenters. The van der Waals surface area contributed by atoms with E-state index in [4.69, 9.17) is 31.4 Å². The van der Waals surface area contributed by atoms with E-state index < -0.39 is 25.9 Å². The van der Waals surface area contributed by atoms with Crippen LogP contribution in [0.5, 0.6) is 0 Å². The summed E-state index contributed by atoms with van der Waals surface area (Å²) in [6.45, 7) is 0. The molecule has 0 aromatic carbocycles. The molecular weight excluding hydrogens is 284 g/mol. The van der Waals surface area contributed by atoms with E-state index in [9.17, 15) is 0 Å². The first-order valence-corrected chi connectivity index (χ1v) is 5.09. The van der Waals surface area contributed by atoms with E-state index in [2.05, 4.69) is 0 Å². The molecule has 12 heavy (non-hydrogen) atoms. The Morgan fingerprint density at radius 1 is 0.583 bits per heavy atom. The summed E-state index contributed by atoms with van der Waals surface area (Å²) >= 11 is -11.2. The molecule has 0 saturated heterocycles. The summed E-state index contributed by atoms with van der Waals surface area (Å²) in [4.78, 5) is 0. The summed E-state index contributed by atoms with van der Waals surface area (Å²) in [6, 6.07) is 0. The van der Waals surface area contributed by atoms with Crippen LogP contribution in [0.4, 0.5) is 0 Å². The van der Waals surface area contributed by atoms with Gasteiger partial charge in [-0.2, -0.15) is 0 Å². The van der Waals surface area contributed by atoms with Crippen LogP contribution in [0.2, 0.25) is 0 Å². The fourth-order valence-electron chi connectivity index (χ4n) is 0. The molecule has 0 saturated carbocycles. The van der Waals surface area contributed by atoms with Crippen LogP contribution in [0.25, 0.3) is 0 Å². The molecule has 0 bridgehead atoms. The topological polar surface area (TPSA) is 149 Å². The molecule has 0 aromatic rings. The quantitative estimate of drug-likeness (QED) is 0.398. The minimum atomic E-state index is -5.62. The zero-order valence-electron chi connectivity index (χ0n) is 6.02. The predicted molar refractivity (Wildman–Crippen MR) is 4.12 cm³/mol. The van der Waals surface area contributed by atoms with Gasteiger partial charge in [-0.1, -0.05) is 0 Å². The van der Waals surface area contributed by atoms with E-state index >= 15 is 0 Å². The normalized spacial score (nSPS) is 9.50. The summed E-state index contributed by atoms with van der Waals surface area (Å²) in [5.41, 5.74) is 0. The van der Waals surface area contributed by atoms with Gasteiger partial charge in [-0.05, 0) is 0 Å². The van der Waals surface area contributed by atoms with Gasteiger partial charge in [0.1, 0.15) is 0 Å². The van der Waals surface area contributed by atoms with Gasteiger partial charge in [0.2, 0.25) is 0 Å². The van der Waals surface area contributed by atoms with E-state index in [0.29, 0.717) is 0 Å². The van der Waals surface area contributed by atoms with Crippen molar-refractivity contribution in [2.75, 3.05) is 0 Å². The van der Waals surface area contributed by atoms with Gasteiger partial charge in [0.05, 0.1) is 0 Å². The monoisotopic (exact) mass is 284 g/mol. The Morgan fingerprint density at radius 3 is 0.583 bits per heavy atom. The molecule has 0 fully saturated rings. The van der Waals surface area contributed by atoms with Gasteiger partial charge in [0, 0.05) is 0 Å². The van der Waals surface area contributed by atoms with E-state index in [1.807, 2.05) is 0 Å². The number of hydrogen-bond donors (Lipinski definition) is 0. The summed E-state index contributed by atoms with van der Waals surface area (Å²) in [7, 11) is 0. The summed E-state index contributed by atoms with van der Waals surface area (Å²) in [5.74, 6) is 0. The van der Waals surface area contributed by atoms with Gasteiger partial charge < -0.3 is 0 Å². The molecular formula is Mn2Na2O8. The minimum absolute atomic E-state index is 0. The van der Waals surface area contributed by atoms with Crippen LogP contribution in [0.1, 0.15) is 0 Å². The number of hydrogen-bond acceptors (Lipinski definition) is 8. The maximum atomic E-state index is 8.58. The molecule has 0 aliphatic rings. The molecule has 12 heteroatoms. The van der Waals surface area contributed by atoms with Crippen molar-refractivity contribution in [2.45, 2.75) is 0 Å². The molecule has 0 N–H and O–H groups in total. The Balaban J connectivity index is -0.0000000457. The van der Waals surface area contributed by atoms with Crippen molar-refractivity contribution in [3.05, 3.63) is 0 Å². The second-order valence-corrected chi connectivity index (χ2v) is 3.12. The second kappa shape index (κ2) is 9.32. The first kappa shape index (κ1) is 23.5. The summed E-state index contributed by atoms with van der Waals surface area (Å²) < 4.78 is 68.6. The Labute approximate surface area is 115 Å². The van der Waals surface area contributed by atoms with Crippen LogP contribution in [0, 0.1) is 0 Å². The Bertz CT molecular complexity index is 299. The Hall–Kier alpha value is 1.76. The van der Waals surface area contributed by atoms with E-state index in [1.165, 1.54) is 0 Å². The molecule has 0 aliphatic heterocycles. The van der Waals surface area contributed by atoms with Crippen LogP contribution in [0.15, 0.2) is 0 Å². The van der Waals surface area contributed by atoms with Crippen molar-refractivity contribution in [1.29, 1.82) is 0 Å². The molecule has 64 valence electrons. The molecule has 0 radical (unpaired) electrons. The third kappa shape index (κ3) is 440.